The largest absolute Gasteiger partial charge is 0.322 e. The quantitative estimate of drug-likeness (QED) is 0.197. The maximum absolute atomic E-state index is 11.2. The van der Waals surface area contributed by atoms with E-state index in [1.165, 1.54) is 31.2 Å². The summed E-state index contributed by atoms with van der Waals surface area (Å²) >= 11 is 0. The zero-order valence-corrected chi connectivity index (χ0v) is 41.6. The standard InChI is InChI=1S/C11H12O.C10H11NO.C8H10.C6H6.4C3H8.4C2H6/c1-9(2)11(12)8-10-6-4-3-5-7-10;1-8(2)10(12)11-9-6-4-3-5-7-9;1-2-8-6-4-3-5-7-8;1-2-4-6-5-3-1;4*1-3-2;4*1-2/h3-7H,1,8H2,2H3;3-7H,1H2,2H3,(H,11,12);3-7H,2H2,1H3;1-6H;4*3H2,1-2H3;4*1-2H3. The molecule has 0 heterocycles. The van der Waals surface area contributed by atoms with Crippen molar-refractivity contribution in [1.29, 1.82) is 0 Å². The Morgan fingerprint density at radius 3 is 0.879 bits per heavy atom. The molecule has 0 bridgehead atoms. The van der Waals surface area contributed by atoms with Crippen LogP contribution in [0.2, 0.25) is 0 Å². The lowest BCUT2D eigenvalue weighted by Crippen LogP contribution is -2.11. The Kier molecular flexibility index (Phi) is 86.4. The van der Waals surface area contributed by atoms with Gasteiger partial charge < -0.3 is 5.32 Å². The van der Waals surface area contributed by atoms with Gasteiger partial charge in [-0.15, -0.1) is 0 Å². The van der Waals surface area contributed by atoms with Crippen molar-refractivity contribution in [2.75, 3.05) is 5.32 Å². The number of allylic oxidation sites excluding steroid dienone is 1. The van der Waals surface area contributed by atoms with Gasteiger partial charge in [-0.05, 0) is 49.1 Å². The van der Waals surface area contributed by atoms with Gasteiger partial charge in [-0.2, -0.15) is 0 Å². The fraction of sp³-hybridized carbons (Fsp3) is 0.455. The van der Waals surface area contributed by atoms with Gasteiger partial charge in [-0.1, -0.05) is 272 Å². The Hall–Kier alpha value is -4.50. The van der Waals surface area contributed by atoms with Crippen LogP contribution in [0.15, 0.2) is 152 Å². The molecule has 332 valence electrons. The average Bonchev–Trinajstić information content (AvgIpc) is 3.27. The zero-order valence-electron chi connectivity index (χ0n) is 41.6. The first-order valence-electron chi connectivity index (χ1n) is 22.3. The second-order valence-electron chi connectivity index (χ2n) is 11.3. The molecule has 0 spiro atoms. The van der Waals surface area contributed by atoms with E-state index in [1.54, 1.807) is 13.8 Å². The van der Waals surface area contributed by atoms with Crippen LogP contribution in [0.5, 0.6) is 0 Å². The van der Waals surface area contributed by atoms with Gasteiger partial charge in [-0.25, -0.2) is 0 Å². The fourth-order valence-electron chi connectivity index (χ4n) is 2.79. The number of ketones is 1. The molecule has 3 heteroatoms. The second-order valence-corrected chi connectivity index (χ2v) is 11.3. The third kappa shape index (κ3) is 69.4. The van der Waals surface area contributed by atoms with Gasteiger partial charge in [0, 0.05) is 17.7 Å². The molecular formula is C55H95NO2. The van der Waals surface area contributed by atoms with E-state index >= 15 is 0 Å². The van der Waals surface area contributed by atoms with Crippen molar-refractivity contribution in [2.45, 2.75) is 170 Å². The summed E-state index contributed by atoms with van der Waals surface area (Å²) in [6.07, 6.45) is 6.61. The number of amides is 1. The molecule has 1 N–H and O–H groups in total. The molecule has 0 aliphatic carbocycles. The summed E-state index contributed by atoms with van der Waals surface area (Å²) < 4.78 is 0. The van der Waals surface area contributed by atoms with Gasteiger partial charge in [-0.3, -0.25) is 9.59 Å². The molecule has 0 fully saturated rings. The molecule has 1 amide bonds. The number of hydrogen-bond acceptors (Lipinski definition) is 2. The van der Waals surface area contributed by atoms with Crippen LogP contribution in [0.1, 0.15) is 168 Å². The monoisotopic (exact) mass is 802 g/mol. The predicted octanol–water partition coefficient (Wildman–Crippen LogP) is 18.3. The summed E-state index contributed by atoms with van der Waals surface area (Å²) in [6, 6.07) is 41.5. The van der Waals surface area contributed by atoms with Crippen LogP contribution in [0.4, 0.5) is 5.69 Å². The number of anilines is 1. The number of hydrogen-bond donors (Lipinski definition) is 1. The van der Waals surface area contributed by atoms with Crippen molar-refractivity contribution in [3.8, 4) is 0 Å². The highest BCUT2D eigenvalue weighted by atomic mass is 16.1. The van der Waals surface area contributed by atoms with Crippen LogP contribution in [0.25, 0.3) is 0 Å². The first kappa shape index (κ1) is 71.2. The van der Waals surface area contributed by atoms with E-state index in [2.05, 4.69) is 105 Å². The Morgan fingerprint density at radius 1 is 0.414 bits per heavy atom. The predicted molar refractivity (Wildman–Crippen MR) is 271 cm³/mol. The van der Waals surface area contributed by atoms with Crippen LogP contribution < -0.4 is 5.32 Å². The van der Waals surface area contributed by atoms with Crippen molar-refractivity contribution < 1.29 is 9.59 Å². The summed E-state index contributed by atoms with van der Waals surface area (Å²) in [7, 11) is 0. The van der Waals surface area contributed by atoms with E-state index in [0.29, 0.717) is 17.6 Å². The number of aryl methyl sites for hydroxylation is 1. The highest BCUT2D eigenvalue weighted by Gasteiger charge is 2.02. The number of Topliss-reactive ketones (excluding diaryl/α,β-unsaturated/α-hetero) is 1. The lowest BCUT2D eigenvalue weighted by atomic mass is 10.1. The third-order valence-corrected chi connectivity index (χ3v) is 5.02. The Morgan fingerprint density at radius 2 is 0.655 bits per heavy atom. The minimum absolute atomic E-state index is 0.112. The molecule has 4 rings (SSSR count). The highest BCUT2D eigenvalue weighted by Crippen LogP contribution is 2.06. The van der Waals surface area contributed by atoms with Crippen molar-refractivity contribution in [3.63, 3.8) is 0 Å². The van der Waals surface area contributed by atoms with Crippen LogP contribution in [0.3, 0.4) is 0 Å². The summed E-state index contributed by atoms with van der Waals surface area (Å²) in [5.41, 5.74) is 4.39. The molecule has 0 saturated heterocycles. The normalized spacial score (nSPS) is 7.57. The van der Waals surface area contributed by atoms with Gasteiger partial charge >= 0.3 is 0 Å². The minimum Gasteiger partial charge on any atom is -0.322 e. The molecule has 4 aromatic rings. The van der Waals surface area contributed by atoms with Crippen LogP contribution in [0, 0.1) is 0 Å². The summed E-state index contributed by atoms with van der Waals surface area (Å²) in [5, 5.41) is 2.70. The number of nitrogens with one attached hydrogen (secondary N) is 1. The van der Waals surface area contributed by atoms with E-state index < -0.39 is 0 Å². The molecule has 0 unspecified atom stereocenters. The topological polar surface area (TPSA) is 46.2 Å². The van der Waals surface area contributed by atoms with Gasteiger partial charge in [0.1, 0.15) is 0 Å². The number of para-hydroxylation sites is 1. The highest BCUT2D eigenvalue weighted by molar-refractivity contribution is 6.02. The van der Waals surface area contributed by atoms with E-state index in [4.69, 9.17) is 0 Å². The summed E-state index contributed by atoms with van der Waals surface area (Å²) in [6.45, 7) is 45.7. The van der Waals surface area contributed by atoms with Crippen LogP contribution in [-0.2, 0) is 22.4 Å². The lowest BCUT2D eigenvalue weighted by molar-refractivity contribution is -0.115. The molecule has 0 aliphatic rings. The van der Waals surface area contributed by atoms with E-state index in [9.17, 15) is 9.59 Å². The molecule has 3 nitrogen and oxygen atoms in total. The maximum Gasteiger partial charge on any atom is 0.250 e. The van der Waals surface area contributed by atoms with Gasteiger partial charge in [0.05, 0.1) is 0 Å². The minimum atomic E-state index is -0.138. The number of carbonyl (C=O) groups is 2. The maximum atomic E-state index is 11.2. The van der Waals surface area contributed by atoms with E-state index in [0.717, 1.165) is 17.7 Å². The SMILES string of the molecule is C=C(C)C(=O)Cc1ccccc1.C=C(C)C(=O)Nc1ccccc1.CC.CC.CC.CC.CCC.CCC.CCC.CCC.CCc1ccccc1.c1ccccc1. The molecule has 0 atom stereocenters. The lowest BCUT2D eigenvalue weighted by Gasteiger charge is -2.02. The first-order chi connectivity index (χ1) is 28.0. The summed E-state index contributed by atoms with van der Waals surface area (Å²) in [5.74, 6) is -0.0256. The number of carbonyl (C=O) groups excluding carboxylic acids is 2. The molecule has 0 aliphatic heterocycles. The van der Waals surface area contributed by atoms with Crippen LogP contribution in [-0.4, -0.2) is 11.7 Å². The van der Waals surface area contributed by atoms with E-state index in [-0.39, 0.29) is 11.7 Å². The molecule has 58 heavy (non-hydrogen) atoms. The zero-order chi connectivity index (χ0) is 46.8. The number of benzene rings is 4. The van der Waals surface area contributed by atoms with Gasteiger partial charge in [0.15, 0.2) is 5.78 Å². The van der Waals surface area contributed by atoms with Crippen molar-refractivity contribution in [3.05, 3.63) is 163 Å². The summed E-state index contributed by atoms with van der Waals surface area (Å²) in [4.78, 5) is 22.3. The Labute approximate surface area is 363 Å². The Balaban J connectivity index is -0.0000000845. The van der Waals surface area contributed by atoms with Crippen molar-refractivity contribution in [2.24, 2.45) is 0 Å². The molecular weight excluding hydrogens is 707 g/mol. The molecule has 0 saturated carbocycles. The smallest absolute Gasteiger partial charge is 0.250 e. The second kappa shape index (κ2) is 70.3. The molecule has 0 aromatic heterocycles. The van der Waals surface area contributed by atoms with Crippen LogP contribution >= 0.6 is 0 Å². The van der Waals surface area contributed by atoms with Crippen molar-refractivity contribution in [1.82, 2.24) is 0 Å². The Bertz CT molecular complexity index is 1170. The average molecular weight is 802 g/mol. The number of rotatable bonds is 6. The third-order valence-electron chi connectivity index (χ3n) is 5.02. The first-order valence-corrected chi connectivity index (χ1v) is 22.3. The molecule has 4 aromatic carbocycles. The van der Waals surface area contributed by atoms with Gasteiger partial charge in [0.2, 0.25) is 0 Å². The van der Waals surface area contributed by atoms with Crippen molar-refractivity contribution >= 4 is 17.4 Å². The molecule has 0 radical (unpaired) electrons. The van der Waals surface area contributed by atoms with E-state index in [1.807, 2.05) is 159 Å². The van der Waals surface area contributed by atoms with Gasteiger partial charge in [0.25, 0.3) is 5.91 Å². The fourth-order valence-corrected chi connectivity index (χ4v) is 2.79.